The van der Waals surface area contributed by atoms with E-state index in [1.165, 1.54) is 26.8 Å². The topological polar surface area (TPSA) is 125 Å². The van der Waals surface area contributed by atoms with Crippen LogP contribution in [0.25, 0.3) is 0 Å². The van der Waals surface area contributed by atoms with Crippen LogP contribution in [0.5, 0.6) is 0 Å². The van der Waals surface area contributed by atoms with E-state index in [2.05, 4.69) is 9.71 Å². The van der Waals surface area contributed by atoms with E-state index < -0.39 is 28.1 Å². The molecule has 3 rings (SSSR count). The Morgan fingerprint density at radius 2 is 1.67 bits per heavy atom. The zero-order valence-electron chi connectivity index (χ0n) is 17.0. The van der Waals surface area contributed by atoms with E-state index in [1.807, 2.05) is 0 Å². The molecule has 0 saturated carbocycles. The third kappa shape index (κ3) is 4.45. The third-order valence-electron chi connectivity index (χ3n) is 5.00. The van der Waals surface area contributed by atoms with E-state index in [1.54, 1.807) is 28.0 Å². The molecule has 2 aliphatic rings. The Hall–Kier alpha value is -2.95. The first kappa shape index (κ1) is 21.8. The fourth-order valence-corrected chi connectivity index (χ4v) is 4.54. The molecule has 1 saturated heterocycles. The molecule has 162 valence electrons. The number of piperazine rings is 1. The second-order valence-corrected chi connectivity index (χ2v) is 8.82. The normalized spacial score (nSPS) is 20.8. The number of amidine groups is 1. The highest BCUT2D eigenvalue weighted by atomic mass is 32.2. The summed E-state index contributed by atoms with van der Waals surface area (Å²) in [6.07, 6.45) is -1.02. The molecule has 2 aliphatic heterocycles. The van der Waals surface area contributed by atoms with Gasteiger partial charge in [-0.2, -0.15) is 0 Å². The van der Waals surface area contributed by atoms with Crippen molar-refractivity contribution >= 4 is 33.6 Å². The average Bonchev–Trinajstić information content (AvgIpc) is 2.97. The summed E-state index contributed by atoms with van der Waals surface area (Å²) < 4.78 is 31.9. The highest BCUT2D eigenvalue weighted by Gasteiger charge is 2.32. The Balaban J connectivity index is 1.62. The minimum Gasteiger partial charge on any atom is -0.451 e. The summed E-state index contributed by atoms with van der Waals surface area (Å²) in [5.74, 6) is -1.07. The number of sulfonamides is 1. The van der Waals surface area contributed by atoms with Crippen LogP contribution < -0.4 is 4.72 Å². The molecule has 0 aromatic heterocycles. The highest BCUT2D eigenvalue weighted by Crippen LogP contribution is 2.22. The number of rotatable bonds is 4. The molecule has 2 amide bonds. The maximum atomic E-state index is 12.5. The van der Waals surface area contributed by atoms with Gasteiger partial charge in [0.25, 0.3) is 15.9 Å². The summed E-state index contributed by atoms with van der Waals surface area (Å²) in [6.45, 7) is 6.04. The Morgan fingerprint density at radius 3 is 2.30 bits per heavy atom. The van der Waals surface area contributed by atoms with E-state index >= 15 is 0 Å². The molecule has 30 heavy (non-hydrogen) atoms. The molecule has 0 spiro atoms. The molecule has 1 N–H and O–H groups in total. The van der Waals surface area contributed by atoms with E-state index in [0.29, 0.717) is 31.7 Å². The van der Waals surface area contributed by atoms with Crippen molar-refractivity contribution in [3.63, 3.8) is 0 Å². The molecule has 1 aromatic carbocycles. The van der Waals surface area contributed by atoms with Crippen LogP contribution in [0.15, 0.2) is 34.2 Å². The number of amides is 2. The molecule has 10 nitrogen and oxygen atoms in total. The van der Waals surface area contributed by atoms with Gasteiger partial charge in [-0.1, -0.05) is 12.1 Å². The fraction of sp³-hybridized carbons (Fsp3) is 0.474. The van der Waals surface area contributed by atoms with Gasteiger partial charge in [-0.25, -0.2) is 13.2 Å². The number of benzene rings is 1. The molecule has 11 heteroatoms. The quantitative estimate of drug-likeness (QED) is 0.648. The Kier molecular flexibility index (Phi) is 6.11. The number of ether oxygens (including phenoxy) is 1. The minimum absolute atomic E-state index is 0.0429. The summed E-state index contributed by atoms with van der Waals surface area (Å²) in [5.41, 5.74) is 0.379. The van der Waals surface area contributed by atoms with Gasteiger partial charge in [-0.15, -0.1) is 0 Å². The van der Waals surface area contributed by atoms with Crippen LogP contribution in [0, 0.1) is 0 Å². The first-order valence-corrected chi connectivity index (χ1v) is 11.0. The summed E-state index contributed by atoms with van der Waals surface area (Å²) in [6, 6.07) is 5.31. The second-order valence-electron chi connectivity index (χ2n) is 7.17. The molecular weight excluding hydrogens is 412 g/mol. The molecule has 1 aromatic rings. The number of hydrogen-bond acceptors (Lipinski definition) is 7. The molecule has 2 heterocycles. The van der Waals surface area contributed by atoms with Gasteiger partial charge in [0, 0.05) is 38.7 Å². The number of carbonyl (C=O) groups excluding carboxylic acids is 3. The largest absolute Gasteiger partial charge is 0.451 e. The third-order valence-corrected chi connectivity index (χ3v) is 6.40. The van der Waals surface area contributed by atoms with Gasteiger partial charge in [-0.3, -0.25) is 19.3 Å². The van der Waals surface area contributed by atoms with Crippen LogP contribution in [0.4, 0.5) is 0 Å². The van der Waals surface area contributed by atoms with Crippen molar-refractivity contribution in [2.24, 2.45) is 4.99 Å². The Bertz CT molecular complexity index is 998. The van der Waals surface area contributed by atoms with Crippen molar-refractivity contribution in [1.82, 2.24) is 14.5 Å². The standard InChI is InChI=1S/C19H24N4O6S/c1-12(20-17-15-6-4-5-7-16(15)30(27,28)21-17)19(26)29-13(2)18(25)23-10-8-22(9-11-23)14(3)24/h4-7,12-13H,8-11H2,1-3H3,(H,20,21)/t12-,13?/m0/s1. The number of nitrogens with one attached hydrogen (secondary N) is 1. The van der Waals surface area contributed by atoms with Gasteiger partial charge in [0.15, 0.2) is 6.10 Å². The SMILES string of the molecule is CC(=O)N1CCN(C(=O)C(C)OC(=O)[C@H](C)N=C2NS(=O)(=O)c3ccccc32)CC1. The lowest BCUT2D eigenvalue weighted by Crippen LogP contribution is -2.52. The van der Waals surface area contributed by atoms with Gasteiger partial charge in [-0.05, 0) is 26.0 Å². The first-order valence-electron chi connectivity index (χ1n) is 9.55. The summed E-state index contributed by atoms with van der Waals surface area (Å²) in [5, 5.41) is 0. The lowest BCUT2D eigenvalue weighted by Gasteiger charge is -2.35. The lowest BCUT2D eigenvalue weighted by molar-refractivity contribution is -0.160. The minimum atomic E-state index is -3.71. The van der Waals surface area contributed by atoms with Crippen LogP contribution in [0.3, 0.4) is 0 Å². The number of hydrogen-bond donors (Lipinski definition) is 1. The van der Waals surface area contributed by atoms with Crippen LogP contribution >= 0.6 is 0 Å². The van der Waals surface area contributed by atoms with E-state index in [-0.39, 0.29) is 22.5 Å². The van der Waals surface area contributed by atoms with Gasteiger partial charge in [0.1, 0.15) is 11.9 Å². The zero-order valence-corrected chi connectivity index (χ0v) is 17.8. The Morgan fingerprint density at radius 1 is 1.07 bits per heavy atom. The maximum Gasteiger partial charge on any atom is 0.331 e. The molecule has 0 aliphatic carbocycles. The lowest BCUT2D eigenvalue weighted by atomic mass is 10.2. The number of carbonyl (C=O) groups is 3. The molecule has 2 atom stereocenters. The molecular formula is C19H24N4O6S. The van der Waals surface area contributed by atoms with E-state index in [9.17, 15) is 22.8 Å². The summed E-state index contributed by atoms with van der Waals surface area (Å²) >= 11 is 0. The van der Waals surface area contributed by atoms with Crippen LogP contribution in [-0.4, -0.2) is 80.2 Å². The van der Waals surface area contributed by atoms with Crippen molar-refractivity contribution in [2.75, 3.05) is 26.2 Å². The maximum absolute atomic E-state index is 12.5. The van der Waals surface area contributed by atoms with Crippen LogP contribution in [-0.2, 0) is 29.1 Å². The predicted octanol–water partition coefficient (Wildman–Crippen LogP) is -0.264. The van der Waals surface area contributed by atoms with E-state index in [4.69, 9.17) is 4.74 Å². The van der Waals surface area contributed by atoms with Crippen molar-refractivity contribution in [3.05, 3.63) is 29.8 Å². The summed E-state index contributed by atoms with van der Waals surface area (Å²) in [7, 11) is -3.71. The fourth-order valence-electron chi connectivity index (χ4n) is 3.30. The smallest absolute Gasteiger partial charge is 0.331 e. The van der Waals surface area contributed by atoms with E-state index in [0.717, 1.165) is 0 Å². The molecule has 0 bridgehead atoms. The predicted molar refractivity (Wildman–Crippen MR) is 107 cm³/mol. The monoisotopic (exact) mass is 436 g/mol. The number of nitrogens with zero attached hydrogens (tertiary/aromatic N) is 3. The van der Waals surface area contributed by atoms with Crippen LogP contribution in [0.2, 0.25) is 0 Å². The number of fused-ring (bicyclic) bond motifs is 1. The van der Waals surface area contributed by atoms with Crippen molar-refractivity contribution in [3.8, 4) is 0 Å². The first-order chi connectivity index (χ1) is 14.1. The van der Waals surface area contributed by atoms with Crippen molar-refractivity contribution < 1.29 is 27.5 Å². The highest BCUT2D eigenvalue weighted by molar-refractivity contribution is 7.90. The number of esters is 1. The second kappa shape index (κ2) is 8.42. The van der Waals surface area contributed by atoms with Crippen molar-refractivity contribution in [1.29, 1.82) is 0 Å². The average molecular weight is 436 g/mol. The Labute approximate surface area is 174 Å². The van der Waals surface area contributed by atoms with Gasteiger partial charge in [0.2, 0.25) is 5.91 Å². The summed E-state index contributed by atoms with van der Waals surface area (Å²) in [4.78, 5) is 43.8. The van der Waals surface area contributed by atoms with Crippen molar-refractivity contribution in [2.45, 2.75) is 37.8 Å². The van der Waals surface area contributed by atoms with Gasteiger partial charge < -0.3 is 14.5 Å². The van der Waals surface area contributed by atoms with Gasteiger partial charge >= 0.3 is 5.97 Å². The number of aliphatic imine (C=N–C) groups is 1. The molecule has 1 fully saturated rings. The zero-order chi connectivity index (χ0) is 22.1. The van der Waals surface area contributed by atoms with Gasteiger partial charge in [0.05, 0.1) is 4.90 Å². The molecule has 0 radical (unpaired) electrons. The van der Waals surface area contributed by atoms with Crippen LogP contribution in [0.1, 0.15) is 26.3 Å². The molecule has 1 unspecified atom stereocenters.